The van der Waals surface area contributed by atoms with E-state index in [1.165, 1.54) is 7.05 Å². The molecule has 0 atom stereocenters. The number of para-hydroxylation sites is 1. The molecule has 0 heterocycles. The molecule has 0 bridgehead atoms. The predicted molar refractivity (Wildman–Crippen MR) is 82.5 cm³/mol. The Bertz CT molecular complexity index is 638. The van der Waals surface area contributed by atoms with E-state index in [1.807, 2.05) is 48.5 Å². The third-order valence-corrected chi connectivity index (χ3v) is 2.51. The first kappa shape index (κ1) is 14.4. The Morgan fingerprint density at radius 2 is 1.57 bits per heavy atom. The molecule has 0 saturated heterocycles. The second-order valence-corrected chi connectivity index (χ2v) is 4.03. The zero-order valence-electron chi connectivity index (χ0n) is 11.5. The van der Waals surface area contributed by atoms with E-state index in [0.717, 1.165) is 5.69 Å². The van der Waals surface area contributed by atoms with Gasteiger partial charge in [0.2, 0.25) is 0 Å². The van der Waals surface area contributed by atoms with Gasteiger partial charge < -0.3 is 5.32 Å². The summed E-state index contributed by atoms with van der Waals surface area (Å²) in [5.74, 6) is -0.469. The first-order valence-corrected chi connectivity index (χ1v) is 6.37. The molecule has 6 heteroatoms. The molecule has 106 valence electrons. The topological polar surface area (TPSA) is 78.2 Å². The minimum Gasteiger partial charge on any atom is -0.352 e. The van der Waals surface area contributed by atoms with Gasteiger partial charge in [0.1, 0.15) is 0 Å². The number of carbonyl (C=O) groups is 1. The number of carbonyl (C=O) groups excluding carboxylic acids is 1. The Hall–Kier alpha value is -3.02. The van der Waals surface area contributed by atoms with Crippen molar-refractivity contribution in [2.75, 3.05) is 12.5 Å². The van der Waals surface area contributed by atoms with Gasteiger partial charge in [-0.05, 0) is 24.3 Å². The van der Waals surface area contributed by atoms with Crippen LogP contribution in [-0.4, -0.2) is 18.8 Å². The predicted octanol–water partition coefficient (Wildman–Crippen LogP) is 2.94. The van der Waals surface area contributed by atoms with Gasteiger partial charge >= 0.3 is 0 Å². The van der Waals surface area contributed by atoms with E-state index in [0.29, 0.717) is 5.69 Å². The summed E-state index contributed by atoms with van der Waals surface area (Å²) in [6.07, 6.45) is 0. The number of anilines is 1. The normalized spacial score (nSPS) is 11.4. The molecule has 0 aliphatic carbocycles. The van der Waals surface area contributed by atoms with Crippen LogP contribution in [0.4, 0.5) is 11.4 Å². The zero-order valence-corrected chi connectivity index (χ0v) is 11.5. The number of hydrazone groups is 1. The van der Waals surface area contributed by atoms with E-state index in [9.17, 15) is 4.79 Å². The van der Waals surface area contributed by atoms with Crippen molar-refractivity contribution in [1.82, 2.24) is 5.32 Å². The van der Waals surface area contributed by atoms with Crippen molar-refractivity contribution in [3.05, 3.63) is 60.7 Å². The summed E-state index contributed by atoms with van der Waals surface area (Å²) in [5, 5.41) is 14.3. The van der Waals surface area contributed by atoms with Gasteiger partial charge in [-0.2, -0.15) is 0 Å². The van der Waals surface area contributed by atoms with Crippen LogP contribution >= 0.6 is 0 Å². The lowest BCUT2D eigenvalue weighted by Gasteiger charge is -2.01. The molecular formula is C15H15N5O. The fourth-order valence-electron chi connectivity index (χ4n) is 1.46. The standard InChI is InChI=1S/C15H15N5O/c1-16-15(21)14(19-17-12-8-4-2-5-9-12)20-18-13-10-6-3-7-11-13/h2-11,17H,1H3,(H,16,21). The van der Waals surface area contributed by atoms with Gasteiger partial charge in [0.05, 0.1) is 11.4 Å². The van der Waals surface area contributed by atoms with Gasteiger partial charge in [-0.1, -0.05) is 36.4 Å². The molecule has 0 aromatic heterocycles. The van der Waals surface area contributed by atoms with Crippen molar-refractivity contribution in [2.24, 2.45) is 15.3 Å². The van der Waals surface area contributed by atoms with Crippen LogP contribution in [-0.2, 0) is 4.79 Å². The number of hydrogen-bond acceptors (Lipinski definition) is 4. The number of nitrogens with zero attached hydrogens (tertiary/aromatic N) is 3. The molecule has 0 radical (unpaired) electrons. The van der Waals surface area contributed by atoms with Crippen LogP contribution in [0.3, 0.4) is 0 Å². The van der Waals surface area contributed by atoms with Crippen molar-refractivity contribution in [3.8, 4) is 0 Å². The van der Waals surface area contributed by atoms with E-state index in [1.54, 1.807) is 12.1 Å². The molecule has 2 rings (SSSR count). The summed E-state index contributed by atoms with van der Waals surface area (Å²) in [6, 6.07) is 18.4. The maximum absolute atomic E-state index is 11.7. The van der Waals surface area contributed by atoms with Crippen molar-refractivity contribution in [1.29, 1.82) is 0 Å². The van der Waals surface area contributed by atoms with E-state index < -0.39 is 5.91 Å². The summed E-state index contributed by atoms with van der Waals surface area (Å²) in [4.78, 5) is 11.7. The van der Waals surface area contributed by atoms with Crippen molar-refractivity contribution in [3.63, 3.8) is 0 Å². The summed E-state index contributed by atoms with van der Waals surface area (Å²) < 4.78 is 0. The molecule has 0 saturated carbocycles. The highest BCUT2D eigenvalue weighted by molar-refractivity contribution is 6.38. The van der Waals surface area contributed by atoms with Gasteiger partial charge in [0, 0.05) is 7.05 Å². The van der Waals surface area contributed by atoms with Crippen LogP contribution in [0, 0.1) is 0 Å². The second-order valence-electron chi connectivity index (χ2n) is 4.03. The Balaban J connectivity index is 2.15. The molecule has 0 aliphatic heterocycles. The molecule has 2 aromatic rings. The monoisotopic (exact) mass is 281 g/mol. The Kier molecular flexibility index (Phi) is 5.17. The van der Waals surface area contributed by atoms with Gasteiger partial charge in [-0.15, -0.1) is 15.3 Å². The van der Waals surface area contributed by atoms with E-state index in [-0.39, 0.29) is 5.84 Å². The molecule has 2 N–H and O–H groups in total. The van der Waals surface area contributed by atoms with E-state index >= 15 is 0 Å². The molecule has 21 heavy (non-hydrogen) atoms. The fraction of sp³-hybridized carbons (Fsp3) is 0.0667. The Morgan fingerprint density at radius 1 is 0.952 bits per heavy atom. The maximum atomic E-state index is 11.7. The summed E-state index contributed by atoms with van der Waals surface area (Å²) in [7, 11) is 1.51. The van der Waals surface area contributed by atoms with Crippen LogP contribution in [0.1, 0.15) is 0 Å². The highest BCUT2D eigenvalue weighted by Crippen LogP contribution is 2.10. The lowest BCUT2D eigenvalue weighted by atomic mass is 10.3. The second kappa shape index (κ2) is 7.54. The Labute approximate surface area is 122 Å². The average molecular weight is 281 g/mol. The zero-order chi connectivity index (χ0) is 14.9. The molecule has 0 aliphatic rings. The molecule has 2 aromatic carbocycles. The van der Waals surface area contributed by atoms with Crippen LogP contribution in [0.15, 0.2) is 76.0 Å². The third-order valence-electron chi connectivity index (χ3n) is 2.51. The molecular weight excluding hydrogens is 266 g/mol. The van der Waals surface area contributed by atoms with Crippen LogP contribution < -0.4 is 10.7 Å². The van der Waals surface area contributed by atoms with Gasteiger partial charge in [-0.25, -0.2) is 0 Å². The van der Waals surface area contributed by atoms with Crippen LogP contribution in [0.25, 0.3) is 0 Å². The third kappa shape index (κ3) is 4.54. The average Bonchev–Trinajstić information content (AvgIpc) is 2.56. The number of hydrogen-bond donors (Lipinski definition) is 2. The number of amides is 1. The first-order valence-electron chi connectivity index (χ1n) is 6.37. The number of azo groups is 1. The van der Waals surface area contributed by atoms with E-state index in [4.69, 9.17) is 0 Å². The quantitative estimate of drug-likeness (QED) is 0.392. The van der Waals surface area contributed by atoms with Crippen molar-refractivity contribution in [2.45, 2.75) is 0 Å². The minimum absolute atomic E-state index is 0.0507. The van der Waals surface area contributed by atoms with Crippen molar-refractivity contribution >= 4 is 23.1 Å². The van der Waals surface area contributed by atoms with Gasteiger partial charge in [0.25, 0.3) is 11.7 Å². The lowest BCUT2D eigenvalue weighted by molar-refractivity contribution is -0.114. The number of nitrogens with one attached hydrogen (secondary N) is 2. The molecule has 0 unspecified atom stereocenters. The smallest absolute Gasteiger partial charge is 0.292 e. The SMILES string of the molecule is CNC(=O)C(N=Nc1ccccc1)=NNc1ccccc1. The molecule has 0 spiro atoms. The highest BCUT2D eigenvalue weighted by Gasteiger charge is 2.08. The summed E-state index contributed by atoms with van der Waals surface area (Å²) >= 11 is 0. The first-order chi connectivity index (χ1) is 10.3. The Morgan fingerprint density at radius 3 is 2.19 bits per heavy atom. The molecule has 1 amide bonds. The van der Waals surface area contributed by atoms with Crippen LogP contribution in [0.2, 0.25) is 0 Å². The van der Waals surface area contributed by atoms with Crippen LogP contribution in [0.5, 0.6) is 0 Å². The summed E-state index contributed by atoms with van der Waals surface area (Å²) in [6.45, 7) is 0. The number of rotatable bonds is 3. The number of amidine groups is 1. The fourth-order valence-corrected chi connectivity index (χ4v) is 1.46. The van der Waals surface area contributed by atoms with Gasteiger partial charge in [-0.3, -0.25) is 10.2 Å². The molecule has 0 fully saturated rings. The largest absolute Gasteiger partial charge is 0.352 e. The van der Waals surface area contributed by atoms with E-state index in [2.05, 4.69) is 26.1 Å². The van der Waals surface area contributed by atoms with Gasteiger partial charge in [0.15, 0.2) is 0 Å². The maximum Gasteiger partial charge on any atom is 0.292 e. The summed E-state index contributed by atoms with van der Waals surface area (Å²) in [5.41, 5.74) is 4.17. The minimum atomic E-state index is -0.418. The van der Waals surface area contributed by atoms with Crippen molar-refractivity contribution < 1.29 is 4.79 Å². The molecule has 6 nitrogen and oxygen atoms in total. The highest BCUT2D eigenvalue weighted by atomic mass is 16.2. The lowest BCUT2D eigenvalue weighted by Crippen LogP contribution is -2.26. The number of benzene rings is 2. The number of likely N-dealkylation sites (N-methyl/N-ethyl adjacent to an activating group) is 1.